The van der Waals surface area contributed by atoms with Gasteiger partial charge in [-0.15, -0.1) is 0 Å². The average Bonchev–Trinajstić information content (AvgIpc) is 2.80. The van der Waals surface area contributed by atoms with E-state index < -0.39 is 29.7 Å². The lowest BCUT2D eigenvalue weighted by Gasteiger charge is -2.16. The molecule has 0 aliphatic carbocycles. The highest BCUT2D eigenvalue weighted by molar-refractivity contribution is 5.02. The number of aryl methyl sites for hydroxylation is 1. The zero-order valence-electron chi connectivity index (χ0n) is 12.2. The van der Waals surface area contributed by atoms with Gasteiger partial charge in [0.1, 0.15) is 12.3 Å². The Morgan fingerprint density at radius 3 is 3.05 bits per heavy atom. The Morgan fingerprint density at radius 2 is 2.33 bits per heavy atom. The molecule has 2 heterocycles. The second-order valence-electron chi connectivity index (χ2n) is 5.12. The van der Waals surface area contributed by atoms with Gasteiger partial charge in [0.05, 0.1) is 12.7 Å². The predicted molar refractivity (Wildman–Crippen MR) is 74.8 cm³/mol. The summed E-state index contributed by atoms with van der Waals surface area (Å²) < 4.78 is 6.93. The largest absolute Gasteiger partial charge is 0.390 e. The molecule has 21 heavy (non-hydrogen) atoms. The number of hydroxylamine groups is 1. The van der Waals surface area contributed by atoms with Crippen molar-refractivity contribution in [3.8, 4) is 0 Å². The van der Waals surface area contributed by atoms with Crippen LogP contribution in [0.4, 0.5) is 0 Å². The van der Waals surface area contributed by atoms with Gasteiger partial charge < -0.3 is 9.84 Å². The van der Waals surface area contributed by atoms with Gasteiger partial charge in [-0.2, -0.15) is 0 Å². The lowest BCUT2D eigenvalue weighted by molar-refractivity contribution is -0.0857. The van der Waals surface area contributed by atoms with Crippen LogP contribution >= 0.6 is 0 Å². The Balaban J connectivity index is 2.02. The fourth-order valence-electron chi connectivity index (χ4n) is 2.15. The van der Waals surface area contributed by atoms with Gasteiger partial charge in [0.25, 0.3) is 5.56 Å². The summed E-state index contributed by atoms with van der Waals surface area (Å²) in [5.41, 5.74) is 2.21. The summed E-state index contributed by atoms with van der Waals surface area (Å²) in [6, 6.07) is 0. The number of H-pyrrole nitrogens is 1. The van der Waals surface area contributed by atoms with Gasteiger partial charge in [0.15, 0.2) is 0 Å². The summed E-state index contributed by atoms with van der Waals surface area (Å²) in [6.07, 6.45) is 0.798. The minimum absolute atomic E-state index is 0.189. The number of nitrogens with one attached hydrogen (secondary N) is 2. The third kappa shape index (κ3) is 3.79. The van der Waals surface area contributed by atoms with Crippen LogP contribution in [-0.2, 0) is 9.57 Å². The van der Waals surface area contributed by atoms with E-state index in [1.54, 1.807) is 6.92 Å². The fraction of sp³-hybridized carbons (Fsp3) is 0.692. The SMILES string of the molecule is CCCNOC[C@H]1O[C@@H](n2cc(C)c(=O)[nH]c2=O)C[C@@H]1O. The molecule has 2 rings (SSSR count). The average molecular weight is 299 g/mol. The first-order chi connectivity index (χ1) is 10.0. The van der Waals surface area contributed by atoms with E-state index in [-0.39, 0.29) is 13.0 Å². The maximum atomic E-state index is 11.8. The molecule has 118 valence electrons. The Labute approximate surface area is 121 Å². The molecule has 1 saturated heterocycles. The maximum absolute atomic E-state index is 11.8. The predicted octanol–water partition coefficient (Wildman–Crippen LogP) is -0.575. The van der Waals surface area contributed by atoms with Crippen LogP contribution in [0.3, 0.4) is 0 Å². The van der Waals surface area contributed by atoms with Crippen molar-refractivity contribution in [2.75, 3.05) is 13.2 Å². The summed E-state index contributed by atoms with van der Waals surface area (Å²) in [5.74, 6) is 0. The molecule has 8 heteroatoms. The molecule has 1 aliphatic heterocycles. The molecule has 0 bridgehead atoms. The molecule has 0 aromatic carbocycles. The molecule has 0 radical (unpaired) electrons. The fourth-order valence-corrected chi connectivity index (χ4v) is 2.15. The van der Waals surface area contributed by atoms with Crippen LogP contribution in [0.25, 0.3) is 0 Å². The molecule has 0 unspecified atom stereocenters. The number of aromatic amines is 1. The minimum atomic E-state index is -0.724. The number of hydrogen-bond acceptors (Lipinski definition) is 6. The van der Waals surface area contributed by atoms with Crippen LogP contribution < -0.4 is 16.7 Å². The van der Waals surface area contributed by atoms with E-state index in [0.717, 1.165) is 6.42 Å². The number of aliphatic hydroxyl groups excluding tert-OH is 1. The Morgan fingerprint density at radius 1 is 1.57 bits per heavy atom. The van der Waals surface area contributed by atoms with E-state index >= 15 is 0 Å². The molecule has 1 fully saturated rings. The first kappa shape index (κ1) is 15.9. The lowest BCUT2D eigenvalue weighted by atomic mass is 10.2. The van der Waals surface area contributed by atoms with Crippen LogP contribution in [0.15, 0.2) is 15.8 Å². The summed E-state index contributed by atoms with van der Waals surface area (Å²) in [5, 5.41) is 9.97. The summed E-state index contributed by atoms with van der Waals surface area (Å²) in [4.78, 5) is 30.6. The summed E-state index contributed by atoms with van der Waals surface area (Å²) in [6.45, 7) is 4.52. The number of hydrogen-bond donors (Lipinski definition) is 3. The quantitative estimate of drug-likeness (QED) is 0.479. The van der Waals surface area contributed by atoms with Gasteiger partial charge in [-0.25, -0.2) is 10.3 Å². The molecular weight excluding hydrogens is 278 g/mol. The van der Waals surface area contributed by atoms with Crippen molar-refractivity contribution in [3.05, 3.63) is 32.6 Å². The second-order valence-corrected chi connectivity index (χ2v) is 5.12. The van der Waals surface area contributed by atoms with E-state index in [1.807, 2.05) is 6.92 Å². The van der Waals surface area contributed by atoms with Crippen LogP contribution in [0.5, 0.6) is 0 Å². The van der Waals surface area contributed by atoms with E-state index in [1.165, 1.54) is 10.8 Å². The highest BCUT2D eigenvalue weighted by Crippen LogP contribution is 2.27. The van der Waals surface area contributed by atoms with Crippen LogP contribution in [0.1, 0.15) is 31.6 Å². The molecule has 0 spiro atoms. The summed E-state index contributed by atoms with van der Waals surface area (Å²) >= 11 is 0. The van der Waals surface area contributed by atoms with Gasteiger partial charge in [0.2, 0.25) is 0 Å². The molecule has 1 aromatic rings. The molecule has 8 nitrogen and oxygen atoms in total. The first-order valence-corrected chi connectivity index (χ1v) is 7.03. The van der Waals surface area contributed by atoms with Crippen molar-refractivity contribution in [2.45, 2.75) is 45.1 Å². The highest BCUT2D eigenvalue weighted by Gasteiger charge is 2.35. The molecular formula is C13H21N3O5. The maximum Gasteiger partial charge on any atom is 0.330 e. The van der Waals surface area contributed by atoms with Crippen molar-refractivity contribution in [3.63, 3.8) is 0 Å². The van der Waals surface area contributed by atoms with Crippen molar-refractivity contribution in [2.24, 2.45) is 0 Å². The van der Waals surface area contributed by atoms with Crippen molar-refractivity contribution >= 4 is 0 Å². The number of nitrogens with zero attached hydrogens (tertiary/aromatic N) is 1. The minimum Gasteiger partial charge on any atom is -0.390 e. The Kier molecular flexibility index (Phi) is 5.29. The molecule has 3 N–H and O–H groups in total. The van der Waals surface area contributed by atoms with Crippen LogP contribution in [0, 0.1) is 6.92 Å². The normalized spacial score (nSPS) is 25.4. The smallest absolute Gasteiger partial charge is 0.330 e. The summed E-state index contributed by atoms with van der Waals surface area (Å²) in [7, 11) is 0. The number of aliphatic hydroxyl groups is 1. The van der Waals surface area contributed by atoms with E-state index in [0.29, 0.717) is 12.1 Å². The topological polar surface area (TPSA) is 106 Å². The van der Waals surface area contributed by atoms with Gasteiger partial charge >= 0.3 is 5.69 Å². The molecule has 1 aromatic heterocycles. The van der Waals surface area contributed by atoms with Gasteiger partial charge in [0, 0.05) is 24.7 Å². The Bertz CT molecular complexity index is 582. The third-order valence-electron chi connectivity index (χ3n) is 3.36. The van der Waals surface area contributed by atoms with E-state index in [2.05, 4.69) is 10.5 Å². The zero-order valence-corrected chi connectivity index (χ0v) is 12.2. The molecule has 1 aliphatic rings. The van der Waals surface area contributed by atoms with Crippen LogP contribution in [0.2, 0.25) is 0 Å². The van der Waals surface area contributed by atoms with E-state index in [9.17, 15) is 14.7 Å². The van der Waals surface area contributed by atoms with Gasteiger partial charge in [-0.1, -0.05) is 6.92 Å². The van der Waals surface area contributed by atoms with Gasteiger partial charge in [-0.05, 0) is 13.3 Å². The monoisotopic (exact) mass is 299 g/mol. The standard InChI is InChI=1S/C13H21N3O5/c1-3-4-14-20-7-10-9(17)5-11(21-10)16-6-8(2)12(18)15-13(16)19/h6,9-11,14,17H,3-5,7H2,1-2H3,(H,15,18,19)/t9-,10+,11+/m0/s1. The van der Waals surface area contributed by atoms with Crippen molar-refractivity contribution < 1.29 is 14.7 Å². The van der Waals surface area contributed by atoms with E-state index in [4.69, 9.17) is 9.57 Å². The number of ether oxygens (including phenoxy) is 1. The van der Waals surface area contributed by atoms with Gasteiger partial charge in [-0.3, -0.25) is 19.2 Å². The second kappa shape index (κ2) is 6.99. The zero-order chi connectivity index (χ0) is 15.4. The first-order valence-electron chi connectivity index (χ1n) is 7.03. The van der Waals surface area contributed by atoms with Crippen LogP contribution in [-0.4, -0.2) is 40.0 Å². The number of aromatic nitrogens is 2. The lowest BCUT2D eigenvalue weighted by Crippen LogP contribution is -2.34. The number of rotatable bonds is 6. The van der Waals surface area contributed by atoms with Crippen molar-refractivity contribution in [1.82, 2.24) is 15.0 Å². The Hall–Kier alpha value is -1.48. The molecule has 0 saturated carbocycles. The molecule has 0 amide bonds. The third-order valence-corrected chi connectivity index (χ3v) is 3.36. The molecule has 3 atom stereocenters. The van der Waals surface area contributed by atoms with Crippen molar-refractivity contribution in [1.29, 1.82) is 0 Å². The highest BCUT2D eigenvalue weighted by atomic mass is 16.7.